The predicted octanol–water partition coefficient (Wildman–Crippen LogP) is 4.78. The molecule has 0 saturated carbocycles. The van der Waals surface area contributed by atoms with E-state index >= 15 is 0 Å². The van der Waals surface area contributed by atoms with Gasteiger partial charge in [0.1, 0.15) is 5.75 Å². The Kier molecular flexibility index (Phi) is 6.88. The summed E-state index contributed by atoms with van der Waals surface area (Å²) in [5, 5.41) is 0. The molecule has 3 rings (SSSR count). The minimum Gasteiger partial charge on any atom is -0.497 e. The van der Waals surface area contributed by atoms with Crippen LogP contribution in [0.3, 0.4) is 0 Å². The summed E-state index contributed by atoms with van der Waals surface area (Å²) in [5.41, 5.74) is 2.75. The number of nitrogens with zero attached hydrogens (tertiary/aromatic N) is 1. The van der Waals surface area contributed by atoms with Crippen molar-refractivity contribution in [3.05, 3.63) is 54.1 Å². The summed E-state index contributed by atoms with van der Waals surface area (Å²) in [6.45, 7) is 4.94. The number of hydrogen-bond acceptors (Lipinski definition) is 4. The second-order valence-electron chi connectivity index (χ2n) is 7.18. The maximum Gasteiger partial charge on any atom is 0.338 e. The van der Waals surface area contributed by atoms with E-state index in [2.05, 4.69) is 11.8 Å². The fourth-order valence-electron chi connectivity index (χ4n) is 3.59. The van der Waals surface area contributed by atoms with Crippen LogP contribution in [0.25, 0.3) is 11.1 Å². The molecule has 1 fully saturated rings. The number of hydrogen-bond donors (Lipinski definition) is 0. The van der Waals surface area contributed by atoms with E-state index in [-0.39, 0.29) is 5.97 Å². The van der Waals surface area contributed by atoms with E-state index in [4.69, 9.17) is 9.47 Å². The van der Waals surface area contributed by atoms with Crippen molar-refractivity contribution in [3.63, 3.8) is 0 Å². The van der Waals surface area contributed by atoms with Gasteiger partial charge in [0.15, 0.2) is 0 Å². The lowest BCUT2D eigenvalue weighted by Crippen LogP contribution is -2.38. The first-order valence-corrected chi connectivity index (χ1v) is 9.83. The summed E-state index contributed by atoms with van der Waals surface area (Å²) in [6, 6.07) is 16.1. The van der Waals surface area contributed by atoms with Gasteiger partial charge in [0.05, 0.1) is 19.3 Å². The van der Waals surface area contributed by atoms with Crippen molar-refractivity contribution in [2.75, 3.05) is 26.8 Å². The van der Waals surface area contributed by atoms with Crippen LogP contribution < -0.4 is 4.74 Å². The number of piperidine rings is 1. The van der Waals surface area contributed by atoms with Gasteiger partial charge in [0.2, 0.25) is 0 Å². The van der Waals surface area contributed by atoms with Gasteiger partial charge in [-0.25, -0.2) is 4.79 Å². The Labute approximate surface area is 162 Å². The summed E-state index contributed by atoms with van der Waals surface area (Å²) < 4.78 is 10.6. The molecule has 1 aliphatic heterocycles. The standard InChI is InChI=1S/C23H29NO3/c1-18-6-3-4-15-24(18)16-5-17-27-23(25)21-9-7-19(8-10-21)20-11-13-22(26-2)14-12-20/h7-14,18H,3-6,15-17H2,1-2H3. The SMILES string of the molecule is COc1ccc(-c2ccc(C(=O)OCCCN3CCCCC3C)cc2)cc1. The van der Waals surface area contributed by atoms with Gasteiger partial charge in [-0.05, 0) is 68.1 Å². The second-order valence-corrected chi connectivity index (χ2v) is 7.18. The zero-order chi connectivity index (χ0) is 19.1. The quantitative estimate of drug-likeness (QED) is 0.521. The van der Waals surface area contributed by atoms with E-state index < -0.39 is 0 Å². The summed E-state index contributed by atoms with van der Waals surface area (Å²) in [7, 11) is 1.66. The zero-order valence-corrected chi connectivity index (χ0v) is 16.3. The Morgan fingerprint density at radius 3 is 2.33 bits per heavy atom. The molecule has 0 bridgehead atoms. The van der Waals surface area contributed by atoms with Crippen molar-refractivity contribution >= 4 is 5.97 Å². The first-order valence-electron chi connectivity index (χ1n) is 9.83. The zero-order valence-electron chi connectivity index (χ0n) is 16.3. The van der Waals surface area contributed by atoms with Crippen molar-refractivity contribution in [3.8, 4) is 16.9 Å². The highest BCUT2D eigenvalue weighted by Crippen LogP contribution is 2.23. The molecule has 1 atom stereocenters. The smallest absolute Gasteiger partial charge is 0.338 e. The number of ether oxygens (including phenoxy) is 2. The lowest BCUT2D eigenvalue weighted by atomic mass is 10.0. The van der Waals surface area contributed by atoms with Crippen LogP contribution in [-0.4, -0.2) is 43.7 Å². The van der Waals surface area contributed by atoms with Gasteiger partial charge >= 0.3 is 5.97 Å². The largest absolute Gasteiger partial charge is 0.497 e. The van der Waals surface area contributed by atoms with Crippen LogP contribution in [0.1, 0.15) is 43.0 Å². The maximum absolute atomic E-state index is 12.2. The second kappa shape index (κ2) is 9.56. The third-order valence-electron chi connectivity index (χ3n) is 5.31. The topological polar surface area (TPSA) is 38.8 Å². The highest BCUT2D eigenvalue weighted by Gasteiger charge is 2.17. The Hall–Kier alpha value is -2.33. The van der Waals surface area contributed by atoms with Crippen molar-refractivity contribution < 1.29 is 14.3 Å². The molecule has 0 aliphatic carbocycles. The molecule has 4 heteroatoms. The van der Waals surface area contributed by atoms with Crippen LogP contribution in [0, 0.1) is 0 Å². The summed E-state index contributed by atoms with van der Waals surface area (Å²) in [4.78, 5) is 14.7. The van der Waals surface area contributed by atoms with Crippen LogP contribution in [0.5, 0.6) is 5.75 Å². The highest BCUT2D eigenvalue weighted by atomic mass is 16.5. The van der Waals surface area contributed by atoms with Gasteiger partial charge in [0.25, 0.3) is 0 Å². The van der Waals surface area contributed by atoms with E-state index in [1.54, 1.807) is 7.11 Å². The van der Waals surface area contributed by atoms with Crippen molar-refractivity contribution in [1.82, 2.24) is 4.90 Å². The van der Waals surface area contributed by atoms with Crippen LogP contribution in [0.2, 0.25) is 0 Å². The average molecular weight is 367 g/mol. The molecule has 1 aliphatic rings. The van der Waals surface area contributed by atoms with Crippen molar-refractivity contribution in [1.29, 1.82) is 0 Å². The first-order chi connectivity index (χ1) is 13.2. The molecule has 0 radical (unpaired) electrons. The number of methoxy groups -OCH3 is 1. The summed E-state index contributed by atoms with van der Waals surface area (Å²) in [5.74, 6) is 0.584. The number of carbonyl (C=O) groups excluding carboxylic acids is 1. The Morgan fingerprint density at radius 1 is 1.04 bits per heavy atom. The first kappa shape index (κ1) is 19.4. The molecule has 0 N–H and O–H groups in total. The number of rotatable bonds is 7. The Balaban J connectivity index is 1.47. The normalized spacial score (nSPS) is 17.5. The minimum absolute atomic E-state index is 0.247. The maximum atomic E-state index is 12.2. The molecule has 0 amide bonds. The Bertz CT molecular complexity index is 724. The molecule has 1 heterocycles. The van der Waals surface area contributed by atoms with E-state index in [9.17, 15) is 4.79 Å². The van der Waals surface area contributed by atoms with Gasteiger partial charge in [0, 0.05) is 12.6 Å². The molecular formula is C23H29NO3. The van der Waals surface area contributed by atoms with Crippen molar-refractivity contribution in [2.45, 2.75) is 38.6 Å². The van der Waals surface area contributed by atoms with Crippen molar-refractivity contribution in [2.24, 2.45) is 0 Å². The third kappa shape index (κ3) is 5.33. The monoisotopic (exact) mass is 367 g/mol. The van der Waals surface area contributed by atoms with E-state index in [0.29, 0.717) is 18.2 Å². The third-order valence-corrected chi connectivity index (χ3v) is 5.31. The molecule has 2 aromatic rings. The van der Waals surface area contributed by atoms with E-state index in [1.165, 1.54) is 25.8 Å². The lowest BCUT2D eigenvalue weighted by molar-refractivity contribution is 0.0475. The van der Waals surface area contributed by atoms with Crippen LogP contribution in [0.15, 0.2) is 48.5 Å². The molecule has 4 nitrogen and oxygen atoms in total. The average Bonchev–Trinajstić information content (AvgIpc) is 2.72. The fraction of sp³-hybridized carbons (Fsp3) is 0.435. The number of esters is 1. The molecule has 1 unspecified atom stereocenters. The van der Waals surface area contributed by atoms with Crippen LogP contribution in [0.4, 0.5) is 0 Å². The Morgan fingerprint density at radius 2 is 1.70 bits per heavy atom. The fourth-order valence-corrected chi connectivity index (χ4v) is 3.59. The molecule has 2 aromatic carbocycles. The summed E-state index contributed by atoms with van der Waals surface area (Å²) in [6.07, 6.45) is 4.78. The van der Waals surface area contributed by atoms with Gasteiger partial charge in [-0.2, -0.15) is 0 Å². The molecule has 144 valence electrons. The van der Waals surface area contributed by atoms with Crippen LogP contribution in [-0.2, 0) is 4.74 Å². The van der Waals surface area contributed by atoms with Gasteiger partial charge in [-0.3, -0.25) is 0 Å². The van der Waals surface area contributed by atoms with Gasteiger partial charge in [-0.15, -0.1) is 0 Å². The predicted molar refractivity (Wildman–Crippen MR) is 108 cm³/mol. The highest BCUT2D eigenvalue weighted by molar-refractivity contribution is 5.90. The number of benzene rings is 2. The number of carbonyl (C=O) groups is 1. The minimum atomic E-state index is -0.247. The molecule has 1 saturated heterocycles. The van der Waals surface area contributed by atoms with Gasteiger partial charge in [-0.1, -0.05) is 30.7 Å². The lowest BCUT2D eigenvalue weighted by Gasteiger charge is -2.33. The molecule has 0 aromatic heterocycles. The molecular weight excluding hydrogens is 338 g/mol. The number of likely N-dealkylation sites (tertiary alicyclic amines) is 1. The van der Waals surface area contributed by atoms with E-state index in [1.807, 2.05) is 48.5 Å². The van der Waals surface area contributed by atoms with Gasteiger partial charge < -0.3 is 14.4 Å². The van der Waals surface area contributed by atoms with Crippen LogP contribution >= 0.6 is 0 Å². The summed E-state index contributed by atoms with van der Waals surface area (Å²) >= 11 is 0. The van der Waals surface area contributed by atoms with E-state index in [0.717, 1.165) is 29.8 Å². The molecule has 27 heavy (non-hydrogen) atoms. The molecule has 0 spiro atoms.